The molecule has 2 nitrogen and oxygen atoms in total. The molecule has 2 aromatic rings. The Morgan fingerprint density at radius 2 is 1.95 bits per heavy atom. The van der Waals surface area contributed by atoms with Gasteiger partial charge in [-0.3, -0.25) is 0 Å². The summed E-state index contributed by atoms with van der Waals surface area (Å²) >= 11 is 0. The molecule has 1 heterocycles. The molecule has 22 heavy (non-hydrogen) atoms. The molecule has 0 amide bonds. The van der Waals surface area contributed by atoms with E-state index in [0.29, 0.717) is 18.2 Å². The number of aryl methyl sites for hydroxylation is 1. The Labute approximate surface area is 131 Å². The van der Waals surface area contributed by atoms with Crippen molar-refractivity contribution in [2.75, 3.05) is 6.54 Å². The lowest BCUT2D eigenvalue weighted by Crippen LogP contribution is -2.23. The Morgan fingerprint density at radius 3 is 2.73 bits per heavy atom. The lowest BCUT2D eigenvalue weighted by molar-refractivity contribution is 0.0526. The SMILES string of the molecule is Cc1ccc(C[C@@H]2C[C@@H](OCc3ccccc3)CN2)cc1F. The van der Waals surface area contributed by atoms with Crippen molar-refractivity contribution in [1.82, 2.24) is 5.32 Å². The molecule has 1 fully saturated rings. The topological polar surface area (TPSA) is 21.3 Å². The molecule has 2 aromatic carbocycles. The fourth-order valence-electron chi connectivity index (χ4n) is 2.90. The van der Waals surface area contributed by atoms with Crippen LogP contribution in [0.2, 0.25) is 0 Å². The van der Waals surface area contributed by atoms with E-state index in [-0.39, 0.29) is 11.9 Å². The van der Waals surface area contributed by atoms with E-state index >= 15 is 0 Å². The van der Waals surface area contributed by atoms with Crippen molar-refractivity contribution >= 4 is 0 Å². The molecule has 0 radical (unpaired) electrons. The first-order valence-corrected chi connectivity index (χ1v) is 7.84. The number of ether oxygens (including phenoxy) is 1. The van der Waals surface area contributed by atoms with Gasteiger partial charge in [-0.2, -0.15) is 0 Å². The van der Waals surface area contributed by atoms with E-state index in [0.717, 1.165) is 24.9 Å². The van der Waals surface area contributed by atoms with Crippen LogP contribution in [0.5, 0.6) is 0 Å². The van der Waals surface area contributed by atoms with E-state index in [2.05, 4.69) is 17.4 Å². The van der Waals surface area contributed by atoms with Crippen molar-refractivity contribution in [1.29, 1.82) is 0 Å². The van der Waals surface area contributed by atoms with Crippen molar-refractivity contribution in [3.05, 3.63) is 71.0 Å². The van der Waals surface area contributed by atoms with Gasteiger partial charge in [-0.25, -0.2) is 4.39 Å². The Balaban J connectivity index is 1.48. The van der Waals surface area contributed by atoms with Crippen LogP contribution >= 0.6 is 0 Å². The highest BCUT2D eigenvalue weighted by atomic mass is 19.1. The van der Waals surface area contributed by atoms with E-state index in [9.17, 15) is 4.39 Å². The van der Waals surface area contributed by atoms with Gasteiger partial charge in [-0.1, -0.05) is 42.5 Å². The second-order valence-electron chi connectivity index (χ2n) is 6.05. The molecule has 3 heteroatoms. The van der Waals surface area contributed by atoms with Crippen LogP contribution in [0, 0.1) is 12.7 Å². The molecule has 0 aromatic heterocycles. The first kappa shape index (κ1) is 15.2. The molecule has 0 unspecified atom stereocenters. The second kappa shape index (κ2) is 7.03. The lowest BCUT2D eigenvalue weighted by atomic mass is 10.0. The predicted molar refractivity (Wildman–Crippen MR) is 86.3 cm³/mol. The fraction of sp³-hybridized carbons (Fsp3) is 0.368. The Kier molecular flexibility index (Phi) is 4.86. The van der Waals surface area contributed by atoms with E-state index in [1.807, 2.05) is 30.3 Å². The number of nitrogens with one attached hydrogen (secondary N) is 1. The quantitative estimate of drug-likeness (QED) is 0.910. The van der Waals surface area contributed by atoms with Gasteiger partial charge in [-0.15, -0.1) is 0 Å². The summed E-state index contributed by atoms with van der Waals surface area (Å²) < 4.78 is 19.6. The molecule has 1 aliphatic rings. The molecular weight excluding hydrogens is 277 g/mol. The summed E-state index contributed by atoms with van der Waals surface area (Å²) in [4.78, 5) is 0. The van der Waals surface area contributed by atoms with Gasteiger partial charge < -0.3 is 10.1 Å². The van der Waals surface area contributed by atoms with Crippen LogP contribution in [-0.4, -0.2) is 18.7 Å². The third kappa shape index (κ3) is 3.93. The van der Waals surface area contributed by atoms with Crippen molar-refractivity contribution in [3.63, 3.8) is 0 Å². The van der Waals surface area contributed by atoms with Gasteiger partial charge in [0.05, 0.1) is 12.7 Å². The normalized spacial score (nSPS) is 21.2. The molecule has 0 bridgehead atoms. The van der Waals surface area contributed by atoms with Gasteiger partial charge in [0.1, 0.15) is 5.82 Å². The van der Waals surface area contributed by atoms with Crippen LogP contribution in [0.3, 0.4) is 0 Å². The summed E-state index contributed by atoms with van der Waals surface area (Å²) in [6.07, 6.45) is 2.06. The highest BCUT2D eigenvalue weighted by Gasteiger charge is 2.24. The predicted octanol–water partition coefficient (Wildman–Crippen LogP) is 3.62. The Morgan fingerprint density at radius 1 is 1.14 bits per heavy atom. The smallest absolute Gasteiger partial charge is 0.126 e. The standard InChI is InChI=1S/C19H22FNO/c1-14-7-8-16(10-19(14)20)9-17-11-18(12-21-17)22-13-15-5-3-2-4-6-15/h2-8,10,17-18,21H,9,11-13H2,1H3/t17-,18-/m1/s1. The summed E-state index contributed by atoms with van der Waals surface area (Å²) in [5.41, 5.74) is 2.95. The number of halogens is 1. The average Bonchev–Trinajstić information content (AvgIpc) is 2.97. The zero-order chi connectivity index (χ0) is 15.4. The summed E-state index contributed by atoms with van der Waals surface area (Å²) in [5.74, 6) is -0.118. The van der Waals surface area contributed by atoms with E-state index in [4.69, 9.17) is 4.74 Å². The van der Waals surface area contributed by atoms with Gasteiger partial charge in [0.25, 0.3) is 0 Å². The van der Waals surface area contributed by atoms with Gasteiger partial charge in [0, 0.05) is 12.6 Å². The van der Waals surface area contributed by atoms with Crippen LogP contribution in [0.15, 0.2) is 48.5 Å². The molecular formula is C19H22FNO. The van der Waals surface area contributed by atoms with Gasteiger partial charge in [0.2, 0.25) is 0 Å². The minimum absolute atomic E-state index is 0.118. The fourth-order valence-corrected chi connectivity index (χ4v) is 2.90. The molecule has 0 spiro atoms. The number of hydrogen-bond donors (Lipinski definition) is 1. The largest absolute Gasteiger partial charge is 0.372 e. The highest BCUT2D eigenvalue weighted by Crippen LogP contribution is 2.18. The number of rotatable bonds is 5. The average molecular weight is 299 g/mol. The van der Waals surface area contributed by atoms with Crippen LogP contribution in [-0.2, 0) is 17.8 Å². The second-order valence-corrected chi connectivity index (χ2v) is 6.05. The van der Waals surface area contributed by atoms with Crippen molar-refractivity contribution in [2.45, 2.75) is 38.5 Å². The summed E-state index contributed by atoms with van der Waals surface area (Å²) in [5, 5.41) is 3.48. The van der Waals surface area contributed by atoms with Gasteiger partial charge in [0.15, 0.2) is 0 Å². The number of benzene rings is 2. The van der Waals surface area contributed by atoms with Crippen molar-refractivity contribution in [2.24, 2.45) is 0 Å². The van der Waals surface area contributed by atoms with Crippen molar-refractivity contribution < 1.29 is 9.13 Å². The third-order valence-corrected chi connectivity index (χ3v) is 4.23. The zero-order valence-corrected chi connectivity index (χ0v) is 12.9. The lowest BCUT2D eigenvalue weighted by Gasteiger charge is -2.12. The molecule has 1 saturated heterocycles. The first-order chi connectivity index (χ1) is 10.7. The molecule has 0 aliphatic carbocycles. The monoisotopic (exact) mass is 299 g/mol. The molecule has 1 aliphatic heterocycles. The van der Waals surface area contributed by atoms with Crippen LogP contribution in [0.4, 0.5) is 4.39 Å². The Bertz CT molecular complexity index is 614. The third-order valence-electron chi connectivity index (χ3n) is 4.23. The van der Waals surface area contributed by atoms with Gasteiger partial charge in [-0.05, 0) is 42.5 Å². The molecule has 1 N–H and O–H groups in total. The summed E-state index contributed by atoms with van der Waals surface area (Å²) in [7, 11) is 0. The maximum Gasteiger partial charge on any atom is 0.126 e. The zero-order valence-electron chi connectivity index (χ0n) is 12.9. The van der Waals surface area contributed by atoms with E-state index in [1.165, 1.54) is 5.56 Å². The first-order valence-electron chi connectivity index (χ1n) is 7.84. The molecule has 3 rings (SSSR count). The molecule has 116 valence electrons. The van der Waals surface area contributed by atoms with Gasteiger partial charge >= 0.3 is 0 Å². The van der Waals surface area contributed by atoms with Crippen LogP contribution in [0.1, 0.15) is 23.1 Å². The molecule has 2 atom stereocenters. The Hall–Kier alpha value is -1.71. The van der Waals surface area contributed by atoms with Crippen molar-refractivity contribution in [3.8, 4) is 0 Å². The summed E-state index contributed by atoms with van der Waals surface area (Å²) in [6.45, 7) is 3.31. The summed E-state index contributed by atoms with van der Waals surface area (Å²) in [6, 6.07) is 16.1. The van der Waals surface area contributed by atoms with E-state index in [1.54, 1.807) is 13.0 Å². The van der Waals surface area contributed by atoms with Crippen LogP contribution in [0.25, 0.3) is 0 Å². The maximum atomic E-state index is 13.6. The maximum absolute atomic E-state index is 13.6. The van der Waals surface area contributed by atoms with Crippen LogP contribution < -0.4 is 5.32 Å². The minimum Gasteiger partial charge on any atom is -0.372 e. The minimum atomic E-state index is -0.118. The number of hydrogen-bond acceptors (Lipinski definition) is 2. The van der Waals surface area contributed by atoms with E-state index < -0.39 is 0 Å². The highest BCUT2D eigenvalue weighted by molar-refractivity contribution is 5.24. The molecule has 0 saturated carbocycles.